The van der Waals surface area contributed by atoms with Crippen molar-refractivity contribution in [2.75, 3.05) is 50.1 Å². The maximum absolute atomic E-state index is 9.59. The van der Waals surface area contributed by atoms with Gasteiger partial charge < -0.3 is 40.0 Å². The summed E-state index contributed by atoms with van der Waals surface area (Å²) < 4.78 is -0.217. The molecular weight excluding hydrogens is 581 g/mol. The quantitative estimate of drug-likeness (QED) is 0.225. The van der Waals surface area contributed by atoms with Gasteiger partial charge in [0.1, 0.15) is 0 Å². The molecule has 3 rings (SSSR count). The van der Waals surface area contributed by atoms with Crippen LogP contribution >= 0.6 is 0 Å². The summed E-state index contributed by atoms with van der Waals surface area (Å²) in [7, 11) is 4.01. The van der Waals surface area contributed by atoms with E-state index >= 15 is 0 Å². The molecule has 1 aliphatic rings. The van der Waals surface area contributed by atoms with Crippen molar-refractivity contribution in [3.8, 4) is 6.07 Å². The van der Waals surface area contributed by atoms with Gasteiger partial charge >= 0.3 is 0 Å². The molecule has 0 aliphatic carbocycles. The standard InChI is InChI=1S/C22H26N4S2.Au/c1-24(2)20-9-5-18(6-10-20)19(16-23)15-17-3-7-21(8-4-17)25-11-13-26(14-12-25)22(27)28;/h3-10,15,22,27-28H,11-14H2,1-2H3;/p-2/b19-15+;. The van der Waals surface area contributed by atoms with Gasteiger partial charge in [0.2, 0.25) is 0 Å². The molecule has 7 heteroatoms. The Morgan fingerprint density at radius 1 is 1.00 bits per heavy atom. The van der Waals surface area contributed by atoms with Crippen LogP contribution in [0, 0.1) is 11.3 Å². The second kappa shape index (κ2) is 11.2. The molecule has 0 unspecified atom stereocenters. The molecule has 157 valence electrons. The predicted octanol–water partition coefficient (Wildman–Crippen LogP) is 3.31. The number of benzene rings is 2. The molecule has 0 bridgehead atoms. The first-order chi connectivity index (χ1) is 13.5. The van der Waals surface area contributed by atoms with E-state index in [0.29, 0.717) is 5.57 Å². The Morgan fingerprint density at radius 3 is 2.07 bits per heavy atom. The topological polar surface area (TPSA) is 33.5 Å². The van der Waals surface area contributed by atoms with Crippen molar-refractivity contribution in [3.63, 3.8) is 0 Å². The van der Waals surface area contributed by atoms with Crippen LogP contribution in [-0.4, -0.2) is 49.9 Å². The molecule has 0 spiro atoms. The van der Waals surface area contributed by atoms with E-state index in [0.717, 1.165) is 43.0 Å². The molecule has 1 radical (unpaired) electrons. The number of hydrogen-bond donors (Lipinski definition) is 0. The maximum Gasteiger partial charge on any atom is 0.0998 e. The van der Waals surface area contributed by atoms with Crippen LogP contribution in [0.25, 0.3) is 11.6 Å². The van der Waals surface area contributed by atoms with E-state index in [1.807, 2.05) is 49.3 Å². The maximum atomic E-state index is 9.59. The summed E-state index contributed by atoms with van der Waals surface area (Å²) in [6.07, 6.45) is 1.94. The first-order valence-electron chi connectivity index (χ1n) is 9.28. The number of allylic oxidation sites excluding steroid dienone is 1. The Bertz CT molecular complexity index is 850. The summed E-state index contributed by atoms with van der Waals surface area (Å²) in [5.41, 5.74) is 4.91. The Labute approximate surface area is 200 Å². The fraction of sp³-hybridized carbons (Fsp3) is 0.318. The zero-order chi connectivity index (χ0) is 20.1. The average Bonchev–Trinajstić information content (AvgIpc) is 2.72. The van der Waals surface area contributed by atoms with Crippen molar-refractivity contribution in [1.29, 1.82) is 5.26 Å². The van der Waals surface area contributed by atoms with E-state index in [9.17, 15) is 5.26 Å². The van der Waals surface area contributed by atoms with Crippen molar-refractivity contribution in [1.82, 2.24) is 4.90 Å². The van der Waals surface area contributed by atoms with Gasteiger partial charge in [-0.2, -0.15) is 5.26 Å². The Balaban J connectivity index is 0.00000300. The largest absolute Gasteiger partial charge is 0.800 e. The smallest absolute Gasteiger partial charge is 0.0998 e. The molecule has 1 saturated heterocycles. The summed E-state index contributed by atoms with van der Waals surface area (Å²) in [4.78, 5) is 6.54. The van der Waals surface area contributed by atoms with E-state index in [2.05, 4.69) is 40.1 Å². The molecule has 0 aromatic heterocycles. The normalized spacial score (nSPS) is 15.0. The van der Waals surface area contributed by atoms with E-state index in [1.165, 1.54) is 5.69 Å². The number of piperazine rings is 1. The zero-order valence-electron chi connectivity index (χ0n) is 16.5. The van der Waals surface area contributed by atoms with E-state index in [1.54, 1.807) is 0 Å². The van der Waals surface area contributed by atoms with Crippen molar-refractivity contribution in [2.24, 2.45) is 0 Å². The molecule has 0 N–H and O–H groups in total. The van der Waals surface area contributed by atoms with Gasteiger partial charge in [-0.15, -0.1) is 0 Å². The predicted molar refractivity (Wildman–Crippen MR) is 123 cm³/mol. The van der Waals surface area contributed by atoms with Gasteiger partial charge in [-0.05, 0) is 41.5 Å². The number of nitriles is 1. The van der Waals surface area contributed by atoms with Crippen LogP contribution in [0.2, 0.25) is 0 Å². The monoisotopic (exact) mass is 605 g/mol. The summed E-state index contributed by atoms with van der Waals surface area (Å²) in [6.45, 7) is 3.67. The van der Waals surface area contributed by atoms with Crippen LogP contribution < -0.4 is 9.80 Å². The van der Waals surface area contributed by atoms with Crippen molar-refractivity contribution >= 4 is 48.3 Å². The summed E-state index contributed by atoms with van der Waals surface area (Å²) in [6, 6.07) is 18.7. The van der Waals surface area contributed by atoms with Crippen molar-refractivity contribution in [2.45, 2.75) is 4.71 Å². The number of hydrogen-bond acceptors (Lipinski definition) is 6. The van der Waals surface area contributed by atoms with Crippen LogP contribution in [-0.2, 0) is 47.6 Å². The van der Waals surface area contributed by atoms with E-state index in [-0.39, 0.29) is 27.1 Å². The Morgan fingerprint density at radius 2 is 1.59 bits per heavy atom. The Hall–Kier alpha value is -1.33. The molecule has 4 nitrogen and oxygen atoms in total. The van der Waals surface area contributed by atoms with Crippen LogP contribution in [0.15, 0.2) is 48.5 Å². The van der Waals surface area contributed by atoms with Gasteiger partial charge in [-0.3, -0.25) is 0 Å². The first kappa shape index (κ1) is 23.9. The minimum atomic E-state index is -0.217. The number of rotatable bonds is 5. The molecule has 0 saturated carbocycles. The SMILES string of the molecule is CN(C)c1ccc(/C(C#N)=C/c2ccc(N3CCN(C([S-])[S-])CC3)cc2)cc1.[Au]. The summed E-state index contributed by atoms with van der Waals surface area (Å²) in [5.74, 6) is 0. The minimum absolute atomic E-state index is 0. The van der Waals surface area contributed by atoms with Gasteiger partial charge in [0.05, 0.1) is 11.6 Å². The third kappa shape index (κ3) is 6.32. The van der Waals surface area contributed by atoms with Crippen LogP contribution in [0.3, 0.4) is 0 Å². The van der Waals surface area contributed by atoms with Gasteiger partial charge in [0.15, 0.2) is 0 Å². The summed E-state index contributed by atoms with van der Waals surface area (Å²) >= 11 is 10.3. The average molecular weight is 606 g/mol. The van der Waals surface area contributed by atoms with Crippen molar-refractivity contribution < 1.29 is 22.4 Å². The molecule has 1 aliphatic heterocycles. The summed E-state index contributed by atoms with van der Waals surface area (Å²) in [5, 5.41) is 9.59. The fourth-order valence-corrected chi connectivity index (χ4v) is 3.68. The molecule has 2 aromatic rings. The zero-order valence-corrected chi connectivity index (χ0v) is 20.3. The molecule has 1 heterocycles. The molecule has 2 aromatic carbocycles. The van der Waals surface area contributed by atoms with E-state index < -0.39 is 0 Å². The fourth-order valence-electron chi connectivity index (χ4n) is 3.26. The number of nitrogens with zero attached hydrogens (tertiary/aromatic N) is 4. The third-order valence-electron chi connectivity index (χ3n) is 5.00. The second-order valence-corrected chi connectivity index (χ2v) is 8.22. The molecular formula is C22H24AuN4S2-2. The number of anilines is 2. The molecule has 0 amide bonds. The molecule has 1 fully saturated rings. The van der Waals surface area contributed by atoms with Gasteiger partial charge in [-0.25, -0.2) is 4.71 Å². The van der Waals surface area contributed by atoms with Gasteiger partial charge in [-0.1, -0.05) is 24.3 Å². The minimum Gasteiger partial charge on any atom is -0.800 e. The molecule has 0 atom stereocenters. The Kier molecular flexibility index (Phi) is 9.22. The van der Waals surface area contributed by atoms with Gasteiger partial charge in [0.25, 0.3) is 0 Å². The third-order valence-corrected chi connectivity index (χ3v) is 5.59. The van der Waals surface area contributed by atoms with Gasteiger partial charge in [0, 0.05) is 74.0 Å². The van der Waals surface area contributed by atoms with Crippen LogP contribution in [0.1, 0.15) is 11.1 Å². The second-order valence-electron chi connectivity index (χ2n) is 7.03. The van der Waals surface area contributed by atoms with E-state index in [4.69, 9.17) is 25.3 Å². The first-order valence-corrected chi connectivity index (χ1v) is 10.2. The van der Waals surface area contributed by atoms with Crippen LogP contribution in [0.4, 0.5) is 11.4 Å². The van der Waals surface area contributed by atoms with Crippen molar-refractivity contribution in [3.05, 3.63) is 59.7 Å². The molecule has 29 heavy (non-hydrogen) atoms. The van der Waals surface area contributed by atoms with Crippen LogP contribution in [0.5, 0.6) is 0 Å².